The molecule has 3 rings (SSSR count). The molecule has 1 heterocycles. The maximum Gasteiger partial charge on any atom is 0.217 e. The third kappa shape index (κ3) is 2.24. The highest BCUT2D eigenvalue weighted by atomic mass is 16.8. The van der Waals surface area contributed by atoms with Crippen LogP contribution in [0.5, 0.6) is 0 Å². The Labute approximate surface area is 118 Å². The molecule has 2 N–H and O–H groups in total. The summed E-state index contributed by atoms with van der Waals surface area (Å²) in [5.74, 6) is -0.740. The molecule has 0 bridgehead atoms. The lowest BCUT2D eigenvalue weighted by molar-refractivity contribution is -0.217. The number of fused-ring (bicyclic) bond motifs is 1. The van der Waals surface area contributed by atoms with Gasteiger partial charge in [0.15, 0.2) is 5.79 Å². The first kappa shape index (κ1) is 14.3. The monoisotopic (exact) mass is 285 g/mol. The number of hydrogen-bond donors (Lipinski definition) is 2. The van der Waals surface area contributed by atoms with Gasteiger partial charge in [-0.15, -0.1) is 0 Å². The fraction of sp³-hybridized carbons (Fsp3) is 0.929. The predicted molar refractivity (Wildman–Crippen MR) is 70.0 cm³/mol. The molecule has 2 saturated carbocycles. The summed E-state index contributed by atoms with van der Waals surface area (Å²) in [5, 5.41) is 13.2. The van der Waals surface area contributed by atoms with Gasteiger partial charge in [0, 0.05) is 26.9 Å². The van der Waals surface area contributed by atoms with Crippen LogP contribution in [0.25, 0.3) is 0 Å². The van der Waals surface area contributed by atoms with Crippen LogP contribution >= 0.6 is 0 Å². The maximum absolute atomic E-state index is 11.3. The van der Waals surface area contributed by atoms with Crippen molar-refractivity contribution in [2.24, 2.45) is 0 Å². The summed E-state index contributed by atoms with van der Waals surface area (Å²) in [5.41, 5.74) is 0. The van der Waals surface area contributed by atoms with Crippen LogP contribution in [0, 0.1) is 0 Å². The quantitative estimate of drug-likeness (QED) is 0.764. The van der Waals surface area contributed by atoms with Crippen LogP contribution in [0.2, 0.25) is 0 Å². The topological polar surface area (TPSA) is 77.0 Å². The van der Waals surface area contributed by atoms with E-state index in [1.807, 2.05) is 0 Å². The summed E-state index contributed by atoms with van der Waals surface area (Å²) in [6.07, 6.45) is 3.20. The lowest BCUT2D eigenvalue weighted by Crippen LogP contribution is -2.50. The average molecular weight is 285 g/mol. The van der Waals surface area contributed by atoms with Crippen molar-refractivity contribution in [3.63, 3.8) is 0 Å². The van der Waals surface area contributed by atoms with Crippen LogP contribution in [-0.4, -0.2) is 54.4 Å². The first-order valence-corrected chi connectivity index (χ1v) is 7.40. The van der Waals surface area contributed by atoms with Crippen molar-refractivity contribution in [3.8, 4) is 0 Å². The Hall–Kier alpha value is -0.690. The second-order valence-corrected chi connectivity index (χ2v) is 6.05. The summed E-state index contributed by atoms with van der Waals surface area (Å²) in [7, 11) is 1.57. The highest BCUT2D eigenvalue weighted by molar-refractivity contribution is 5.73. The summed E-state index contributed by atoms with van der Waals surface area (Å²) in [6.45, 7) is 1.43. The van der Waals surface area contributed by atoms with E-state index in [1.54, 1.807) is 7.11 Å². The Morgan fingerprint density at radius 2 is 1.90 bits per heavy atom. The summed E-state index contributed by atoms with van der Waals surface area (Å²) >= 11 is 0. The molecular weight excluding hydrogens is 262 g/mol. The van der Waals surface area contributed by atoms with Gasteiger partial charge in [-0.3, -0.25) is 4.79 Å². The van der Waals surface area contributed by atoms with Crippen LogP contribution in [0.1, 0.15) is 39.0 Å². The van der Waals surface area contributed by atoms with Crippen LogP contribution in [0.3, 0.4) is 0 Å². The number of ether oxygens (including phenoxy) is 3. The second kappa shape index (κ2) is 5.26. The second-order valence-electron chi connectivity index (χ2n) is 6.05. The van der Waals surface area contributed by atoms with E-state index in [-0.39, 0.29) is 18.1 Å². The third-order valence-electron chi connectivity index (χ3n) is 4.67. The zero-order valence-corrected chi connectivity index (χ0v) is 12.0. The highest BCUT2D eigenvalue weighted by Gasteiger charge is 2.61. The number of aliphatic hydroxyl groups is 1. The fourth-order valence-electron chi connectivity index (χ4n) is 3.79. The van der Waals surface area contributed by atoms with Crippen molar-refractivity contribution in [3.05, 3.63) is 0 Å². The Balaban J connectivity index is 1.76. The van der Waals surface area contributed by atoms with E-state index < -0.39 is 24.0 Å². The van der Waals surface area contributed by atoms with E-state index in [0.29, 0.717) is 0 Å². The Morgan fingerprint density at radius 3 is 2.50 bits per heavy atom. The van der Waals surface area contributed by atoms with Crippen LogP contribution < -0.4 is 5.32 Å². The molecule has 3 aliphatic rings. The molecule has 0 aromatic heterocycles. The Kier molecular flexibility index (Phi) is 3.75. The molecule has 20 heavy (non-hydrogen) atoms. The number of hydrogen-bond acceptors (Lipinski definition) is 5. The molecule has 6 nitrogen and oxygen atoms in total. The molecule has 3 fully saturated rings. The van der Waals surface area contributed by atoms with Gasteiger partial charge in [0.1, 0.15) is 24.4 Å². The molecule has 2 aliphatic carbocycles. The molecule has 1 amide bonds. The zero-order valence-electron chi connectivity index (χ0n) is 12.0. The first-order valence-electron chi connectivity index (χ1n) is 7.40. The molecule has 0 aromatic carbocycles. The van der Waals surface area contributed by atoms with E-state index in [1.165, 1.54) is 13.3 Å². The molecule has 6 heteroatoms. The lowest BCUT2D eigenvalue weighted by Gasteiger charge is -2.35. The molecule has 0 aromatic rings. The fourth-order valence-corrected chi connectivity index (χ4v) is 3.79. The molecule has 5 atom stereocenters. The molecule has 114 valence electrons. The van der Waals surface area contributed by atoms with E-state index in [2.05, 4.69) is 5.32 Å². The number of carbonyl (C=O) groups is 1. The van der Waals surface area contributed by atoms with Crippen LogP contribution in [-0.2, 0) is 19.0 Å². The molecule has 0 radical (unpaired) electrons. The van der Waals surface area contributed by atoms with Gasteiger partial charge >= 0.3 is 0 Å². The van der Waals surface area contributed by atoms with Crippen molar-refractivity contribution in [2.45, 2.75) is 75.3 Å². The highest BCUT2D eigenvalue weighted by Crippen LogP contribution is 2.46. The number of rotatable bonds is 2. The van der Waals surface area contributed by atoms with Gasteiger partial charge in [0.05, 0.1) is 6.04 Å². The van der Waals surface area contributed by atoms with E-state index in [0.717, 1.165) is 25.7 Å². The zero-order chi connectivity index (χ0) is 14.3. The van der Waals surface area contributed by atoms with Crippen molar-refractivity contribution in [2.75, 3.05) is 7.11 Å². The number of amides is 1. The Bertz CT molecular complexity index is 382. The maximum atomic E-state index is 11.3. The van der Waals surface area contributed by atoms with Crippen LogP contribution in [0.15, 0.2) is 0 Å². The summed E-state index contributed by atoms with van der Waals surface area (Å²) < 4.78 is 17.7. The van der Waals surface area contributed by atoms with E-state index >= 15 is 0 Å². The predicted octanol–water partition coefficient (Wildman–Crippen LogP) is 0.325. The lowest BCUT2D eigenvalue weighted by atomic mass is 9.94. The first-order chi connectivity index (χ1) is 9.56. The third-order valence-corrected chi connectivity index (χ3v) is 4.67. The van der Waals surface area contributed by atoms with Gasteiger partial charge in [0.25, 0.3) is 0 Å². The summed E-state index contributed by atoms with van der Waals surface area (Å²) in [6, 6.07) is -0.478. The normalized spacial score (nSPS) is 42.6. The number of aliphatic hydroxyl groups excluding tert-OH is 1. The van der Waals surface area contributed by atoms with Gasteiger partial charge in [-0.25, -0.2) is 0 Å². The van der Waals surface area contributed by atoms with Crippen molar-refractivity contribution < 1.29 is 24.1 Å². The smallest absolute Gasteiger partial charge is 0.217 e. The number of nitrogens with one attached hydrogen (secondary N) is 1. The van der Waals surface area contributed by atoms with Gasteiger partial charge in [-0.2, -0.15) is 0 Å². The number of methoxy groups -OCH3 is 1. The van der Waals surface area contributed by atoms with Crippen molar-refractivity contribution in [1.29, 1.82) is 0 Å². The van der Waals surface area contributed by atoms with Crippen LogP contribution in [0.4, 0.5) is 0 Å². The SMILES string of the molecule is CO[C@@H]1[C@@H](NC(C)=O)[C@H](O)[C@H]2OC3(CCCCC3)O[C@H]21. The molecular formula is C14H23NO5. The van der Waals surface area contributed by atoms with Gasteiger partial charge in [-0.05, 0) is 12.8 Å². The van der Waals surface area contributed by atoms with Crippen molar-refractivity contribution >= 4 is 5.91 Å². The minimum Gasteiger partial charge on any atom is -0.388 e. The van der Waals surface area contributed by atoms with Crippen molar-refractivity contribution in [1.82, 2.24) is 5.32 Å². The van der Waals surface area contributed by atoms with Gasteiger partial charge in [-0.1, -0.05) is 6.42 Å². The number of carbonyl (C=O) groups excluding carboxylic acids is 1. The minimum atomic E-state index is -0.796. The molecule has 1 aliphatic heterocycles. The summed E-state index contributed by atoms with van der Waals surface area (Å²) in [4.78, 5) is 11.3. The van der Waals surface area contributed by atoms with E-state index in [4.69, 9.17) is 14.2 Å². The van der Waals surface area contributed by atoms with Gasteiger partial charge in [0.2, 0.25) is 5.91 Å². The molecule has 1 spiro atoms. The standard InChI is InChI=1S/C14H23NO5/c1-8(16)15-9-10(17)12-13(11(9)18-2)20-14(19-12)6-4-3-5-7-14/h9-13,17H,3-7H2,1-2H3,(H,15,16)/t9-,10-,11+,12+,13-/m0/s1. The Morgan fingerprint density at radius 1 is 1.25 bits per heavy atom. The molecule has 0 unspecified atom stereocenters. The minimum absolute atomic E-state index is 0.191. The molecule has 1 saturated heterocycles. The van der Waals surface area contributed by atoms with Gasteiger partial charge < -0.3 is 24.6 Å². The van der Waals surface area contributed by atoms with E-state index in [9.17, 15) is 9.90 Å². The largest absolute Gasteiger partial charge is 0.388 e. The average Bonchev–Trinajstić information content (AvgIpc) is 2.87.